The summed E-state index contributed by atoms with van der Waals surface area (Å²) in [6, 6.07) is 8.77. The highest BCUT2D eigenvalue weighted by atomic mass is 19.1. The predicted molar refractivity (Wildman–Crippen MR) is 103 cm³/mol. The van der Waals surface area contributed by atoms with Crippen LogP contribution in [0.15, 0.2) is 41.5 Å². The Labute approximate surface area is 166 Å². The van der Waals surface area contributed by atoms with E-state index in [2.05, 4.69) is 10.4 Å². The first-order valence-corrected chi connectivity index (χ1v) is 8.93. The summed E-state index contributed by atoms with van der Waals surface area (Å²) in [5.41, 5.74) is 2.22. The Morgan fingerprint density at radius 2 is 1.97 bits per heavy atom. The number of benzene rings is 2. The summed E-state index contributed by atoms with van der Waals surface area (Å²) in [7, 11) is 0. The van der Waals surface area contributed by atoms with Gasteiger partial charge in [0, 0.05) is 24.5 Å². The molecule has 6 nitrogen and oxygen atoms in total. The van der Waals surface area contributed by atoms with Crippen LogP contribution in [-0.2, 0) is 9.59 Å². The maximum Gasteiger partial charge on any atom is 0.268 e. The van der Waals surface area contributed by atoms with Gasteiger partial charge in [0.15, 0.2) is 0 Å². The van der Waals surface area contributed by atoms with Crippen LogP contribution < -0.4 is 10.3 Å². The third kappa shape index (κ3) is 4.29. The highest BCUT2D eigenvalue weighted by Crippen LogP contribution is 2.26. The van der Waals surface area contributed by atoms with Crippen LogP contribution in [0.5, 0.6) is 0 Å². The maximum atomic E-state index is 14.0. The van der Waals surface area contributed by atoms with Crippen molar-refractivity contribution in [3.63, 3.8) is 0 Å². The number of nitrogens with zero attached hydrogens (tertiary/aromatic N) is 3. The van der Waals surface area contributed by atoms with Crippen molar-refractivity contribution in [3.05, 3.63) is 64.7 Å². The fraction of sp³-hybridized carbons (Fsp3) is 0.238. The first-order valence-electron chi connectivity index (χ1n) is 8.93. The van der Waals surface area contributed by atoms with Gasteiger partial charge in [0.05, 0.1) is 11.8 Å². The van der Waals surface area contributed by atoms with Crippen molar-refractivity contribution in [1.82, 2.24) is 5.32 Å². The van der Waals surface area contributed by atoms with E-state index >= 15 is 0 Å². The minimum absolute atomic E-state index is 0.0493. The number of halogens is 2. The van der Waals surface area contributed by atoms with Gasteiger partial charge in [-0.15, -0.1) is 0 Å². The van der Waals surface area contributed by atoms with Crippen molar-refractivity contribution in [3.8, 4) is 6.07 Å². The summed E-state index contributed by atoms with van der Waals surface area (Å²) in [5, 5.41) is 17.1. The Hall–Kier alpha value is -3.60. The van der Waals surface area contributed by atoms with E-state index in [1.807, 2.05) is 26.0 Å². The third-order valence-corrected chi connectivity index (χ3v) is 4.57. The van der Waals surface area contributed by atoms with Crippen LogP contribution in [0.1, 0.15) is 35.6 Å². The minimum atomic E-state index is -1.32. The number of rotatable bonds is 4. The summed E-state index contributed by atoms with van der Waals surface area (Å²) in [6.45, 7) is 3.71. The molecule has 1 atom stereocenters. The van der Waals surface area contributed by atoms with Crippen molar-refractivity contribution in [2.24, 2.45) is 5.10 Å². The topological polar surface area (TPSA) is 85.6 Å². The molecule has 0 radical (unpaired) electrons. The van der Waals surface area contributed by atoms with Crippen LogP contribution in [0.3, 0.4) is 0 Å². The normalized spacial score (nSPS) is 14.8. The molecule has 0 fully saturated rings. The fourth-order valence-corrected chi connectivity index (χ4v) is 2.98. The number of hydrogen-bond acceptors (Lipinski definition) is 4. The van der Waals surface area contributed by atoms with E-state index < -0.39 is 23.6 Å². The number of amides is 2. The smallest absolute Gasteiger partial charge is 0.268 e. The number of anilines is 1. The maximum absolute atomic E-state index is 14.0. The number of hydrazone groups is 1. The molecule has 1 unspecified atom stereocenters. The lowest BCUT2D eigenvalue weighted by Gasteiger charge is -2.25. The molecule has 0 saturated carbocycles. The lowest BCUT2D eigenvalue weighted by Crippen LogP contribution is -2.40. The minimum Gasteiger partial charge on any atom is -0.331 e. The van der Waals surface area contributed by atoms with Crippen LogP contribution in [0.4, 0.5) is 14.5 Å². The molecule has 148 valence electrons. The largest absolute Gasteiger partial charge is 0.331 e. The van der Waals surface area contributed by atoms with E-state index in [1.54, 1.807) is 12.1 Å². The molecule has 0 aromatic heterocycles. The molecule has 0 spiro atoms. The molecule has 1 aliphatic rings. The second-order valence-corrected chi connectivity index (χ2v) is 6.74. The van der Waals surface area contributed by atoms with Gasteiger partial charge in [-0.05, 0) is 37.1 Å². The average molecular weight is 396 g/mol. The first-order chi connectivity index (χ1) is 13.8. The molecular formula is C21H18F2N4O2. The zero-order valence-electron chi connectivity index (χ0n) is 15.9. The summed E-state index contributed by atoms with van der Waals surface area (Å²) in [5.74, 6) is -2.66. The number of carbonyl (C=O) groups excluding carboxylic acids is 2. The van der Waals surface area contributed by atoms with Gasteiger partial charge in [-0.1, -0.05) is 18.2 Å². The average Bonchev–Trinajstić information content (AvgIpc) is 2.69. The Kier molecular flexibility index (Phi) is 5.69. The molecule has 0 aliphatic carbocycles. The highest BCUT2D eigenvalue weighted by Gasteiger charge is 2.28. The summed E-state index contributed by atoms with van der Waals surface area (Å²) < 4.78 is 27.1. The van der Waals surface area contributed by atoms with Crippen molar-refractivity contribution in [2.75, 3.05) is 5.01 Å². The zero-order valence-corrected chi connectivity index (χ0v) is 15.9. The molecule has 0 bridgehead atoms. The second kappa shape index (κ2) is 8.19. The Morgan fingerprint density at radius 3 is 2.66 bits per heavy atom. The Morgan fingerprint density at radius 1 is 1.21 bits per heavy atom. The molecule has 1 aliphatic heterocycles. The van der Waals surface area contributed by atoms with Crippen molar-refractivity contribution < 1.29 is 18.4 Å². The molecule has 2 amide bonds. The predicted octanol–water partition coefficient (Wildman–Crippen LogP) is 3.45. The second-order valence-electron chi connectivity index (χ2n) is 6.74. The van der Waals surface area contributed by atoms with E-state index in [-0.39, 0.29) is 30.0 Å². The molecule has 8 heteroatoms. The molecule has 3 rings (SSSR count). The molecule has 2 aromatic rings. The number of aryl methyl sites for hydroxylation is 2. The quantitative estimate of drug-likeness (QED) is 0.859. The van der Waals surface area contributed by atoms with Crippen molar-refractivity contribution in [2.45, 2.75) is 32.7 Å². The van der Waals surface area contributed by atoms with Crippen LogP contribution in [-0.4, -0.2) is 17.5 Å². The van der Waals surface area contributed by atoms with E-state index in [0.29, 0.717) is 11.8 Å². The number of nitrogens with one attached hydrogen (secondary N) is 1. The monoisotopic (exact) mass is 396 g/mol. The first kappa shape index (κ1) is 20.1. The van der Waals surface area contributed by atoms with E-state index in [1.165, 1.54) is 5.01 Å². The molecule has 1 N–H and O–H groups in total. The Balaban J connectivity index is 1.87. The van der Waals surface area contributed by atoms with Crippen LogP contribution >= 0.6 is 0 Å². The van der Waals surface area contributed by atoms with E-state index in [4.69, 9.17) is 0 Å². The molecule has 2 aromatic carbocycles. The molecular weight excluding hydrogens is 378 g/mol. The fourth-order valence-electron chi connectivity index (χ4n) is 2.98. The number of carbonyl (C=O) groups is 2. The van der Waals surface area contributed by atoms with Gasteiger partial charge < -0.3 is 5.32 Å². The van der Waals surface area contributed by atoms with Crippen LogP contribution in [0.2, 0.25) is 0 Å². The lowest BCUT2D eigenvalue weighted by atomic mass is 10.1. The summed E-state index contributed by atoms with van der Waals surface area (Å²) in [6.07, 6.45) is 0.165. The molecule has 1 heterocycles. The van der Waals surface area contributed by atoms with E-state index in [9.17, 15) is 23.6 Å². The highest BCUT2D eigenvalue weighted by molar-refractivity contribution is 6.40. The van der Waals surface area contributed by atoms with Gasteiger partial charge in [-0.3, -0.25) is 9.59 Å². The standard InChI is InChI=1S/C21H18F2N4O2/c1-12-3-4-13(2)19(9-12)27-20(28)8-7-17(26-27)21(29)25-18(11-24)15-6-5-14(22)10-16(15)23/h3-6,9-10,18H,7-8H2,1-2H3,(H,25,29). The summed E-state index contributed by atoms with van der Waals surface area (Å²) >= 11 is 0. The number of hydrogen-bond donors (Lipinski definition) is 1. The van der Waals surface area contributed by atoms with Crippen molar-refractivity contribution >= 4 is 23.2 Å². The third-order valence-electron chi connectivity index (χ3n) is 4.57. The Bertz CT molecular complexity index is 1060. The van der Waals surface area contributed by atoms with Crippen molar-refractivity contribution in [1.29, 1.82) is 5.26 Å². The van der Waals surface area contributed by atoms with Gasteiger partial charge in [-0.2, -0.15) is 10.4 Å². The van der Waals surface area contributed by atoms with Gasteiger partial charge in [0.2, 0.25) is 5.91 Å². The van der Waals surface area contributed by atoms with Gasteiger partial charge in [0.25, 0.3) is 5.91 Å². The van der Waals surface area contributed by atoms with Gasteiger partial charge >= 0.3 is 0 Å². The molecule has 29 heavy (non-hydrogen) atoms. The van der Waals surface area contributed by atoms with Gasteiger partial charge in [0.1, 0.15) is 23.4 Å². The SMILES string of the molecule is Cc1ccc(C)c(N2N=C(C(=O)NC(C#N)c3ccc(F)cc3F)CCC2=O)c1. The zero-order chi connectivity index (χ0) is 21.1. The lowest BCUT2D eigenvalue weighted by molar-refractivity contribution is -0.119. The van der Waals surface area contributed by atoms with Crippen LogP contribution in [0.25, 0.3) is 0 Å². The number of nitriles is 1. The van der Waals surface area contributed by atoms with Gasteiger partial charge in [-0.25, -0.2) is 13.8 Å². The van der Waals surface area contributed by atoms with Crippen LogP contribution in [0, 0.1) is 36.8 Å². The van der Waals surface area contributed by atoms with E-state index in [0.717, 1.165) is 23.3 Å². The molecule has 0 saturated heterocycles. The summed E-state index contributed by atoms with van der Waals surface area (Å²) in [4.78, 5) is 25.0.